The Morgan fingerprint density at radius 2 is 1.65 bits per heavy atom. The molecule has 20 heavy (non-hydrogen) atoms. The Kier molecular flexibility index (Phi) is 1.96. The maximum atomic E-state index is 12.1. The van der Waals surface area contributed by atoms with Crippen molar-refractivity contribution in [1.82, 2.24) is 4.98 Å². The molecule has 0 amide bonds. The Morgan fingerprint density at radius 1 is 0.950 bits per heavy atom. The van der Waals surface area contributed by atoms with E-state index in [1.165, 1.54) is 0 Å². The Hall–Kier alpha value is -2.88. The quantitative estimate of drug-likeness (QED) is 0.554. The number of aromatic carboxylic acids is 1. The molecule has 0 saturated heterocycles. The first kappa shape index (κ1) is 11.0. The fourth-order valence-corrected chi connectivity index (χ4v) is 2.98. The van der Waals surface area contributed by atoms with Gasteiger partial charge in [-0.3, -0.25) is 4.79 Å². The van der Waals surface area contributed by atoms with Gasteiger partial charge < -0.3 is 10.1 Å². The van der Waals surface area contributed by atoms with Crippen molar-refractivity contribution in [1.29, 1.82) is 0 Å². The molecule has 96 valence electrons. The number of carboxylic acids is 1. The molecule has 0 aliphatic heterocycles. The summed E-state index contributed by atoms with van der Waals surface area (Å²) in [5, 5.41) is 10.2. The predicted molar refractivity (Wildman–Crippen MR) is 76.0 cm³/mol. The monoisotopic (exact) mass is 263 g/mol. The first-order valence-corrected chi connectivity index (χ1v) is 6.20. The minimum atomic E-state index is -1.20. The van der Waals surface area contributed by atoms with E-state index in [0.717, 1.165) is 22.1 Å². The lowest BCUT2D eigenvalue weighted by Crippen LogP contribution is -2.18. The van der Waals surface area contributed by atoms with Crippen molar-refractivity contribution in [3.05, 3.63) is 58.4 Å². The van der Waals surface area contributed by atoms with E-state index in [9.17, 15) is 14.7 Å². The largest absolute Gasteiger partial charge is 0.477 e. The second-order valence-corrected chi connectivity index (χ2v) is 4.78. The third-order valence-electron chi connectivity index (χ3n) is 3.74. The first-order chi connectivity index (χ1) is 9.68. The molecule has 0 unspecified atom stereocenters. The SMILES string of the molecule is O=C(O)c1c2c3c(cccc3[nH]c1=O)-c1ccccc1-2. The van der Waals surface area contributed by atoms with Crippen molar-refractivity contribution in [2.24, 2.45) is 0 Å². The van der Waals surface area contributed by atoms with Crippen LogP contribution in [-0.2, 0) is 0 Å². The van der Waals surface area contributed by atoms with Crippen LogP contribution < -0.4 is 5.56 Å². The van der Waals surface area contributed by atoms with E-state index in [1.807, 2.05) is 36.4 Å². The van der Waals surface area contributed by atoms with Gasteiger partial charge in [0, 0.05) is 16.5 Å². The second kappa shape index (κ2) is 3.57. The van der Waals surface area contributed by atoms with E-state index in [-0.39, 0.29) is 5.56 Å². The standard InChI is InChI=1S/C16H9NO3/c18-15-14(16(19)20)13-10-5-2-1-4-8(10)9-6-3-7-11(17-15)12(9)13/h1-7H,(H,17,18)(H,19,20). The minimum Gasteiger partial charge on any atom is -0.477 e. The molecule has 2 aromatic carbocycles. The van der Waals surface area contributed by atoms with Crippen LogP contribution in [0, 0.1) is 0 Å². The number of nitrogens with one attached hydrogen (secondary N) is 1. The zero-order chi connectivity index (χ0) is 13.9. The number of pyridine rings is 1. The van der Waals surface area contributed by atoms with Crippen LogP contribution in [0.3, 0.4) is 0 Å². The summed E-state index contributed by atoms with van der Waals surface area (Å²) in [6.07, 6.45) is 0. The lowest BCUT2D eigenvalue weighted by atomic mass is 10.0. The molecular weight excluding hydrogens is 254 g/mol. The van der Waals surface area contributed by atoms with Gasteiger partial charge in [-0.25, -0.2) is 4.79 Å². The highest BCUT2D eigenvalue weighted by molar-refractivity contribution is 6.18. The average molecular weight is 263 g/mol. The Balaban J connectivity index is 2.34. The number of carbonyl (C=O) groups is 1. The van der Waals surface area contributed by atoms with Crippen molar-refractivity contribution in [2.75, 3.05) is 0 Å². The van der Waals surface area contributed by atoms with Crippen LogP contribution >= 0.6 is 0 Å². The molecule has 0 bridgehead atoms. The van der Waals surface area contributed by atoms with Gasteiger partial charge in [0.15, 0.2) is 0 Å². The van der Waals surface area contributed by atoms with E-state index >= 15 is 0 Å². The molecule has 4 rings (SSSR count). The number of fused-ring (bicyclic) bond motifs is 3. The highest BCUT2D eigenvalue weighted by atomic mass is 16.4. The summed E-state index contributed by atoms with van der Waals surface area (Å²) >= 11 is 0. The van der Waals surface area contributed by atoms with Gasteiger partial charge in [-0.15, -0.1) is 0 Å². The molecule has 1 aliphatic rings. The van der Waals surface area contributed by atoms with Gasteiger partial charge in [0.1, 0.15) is 5.56 Å². The number of hydrogen-bond donors (Lipinski definition) is 2. The highest BCUT2D eigenvalue weighted by Crippen LogP contribution is 2.47. The van der Waals surface area contributed by atoms with Gasteiger partial charge in [-0.2, -0.15) is 0 Å². The van der Waals surface area contributed by atoms with Crippen LogP contribution in [0.1, 0.15) is 10.4 Å². The average Bonchev–Trinajstić information content (AvgIpc) is 2.76. The summed E-state index contributed by atoms with van der Waals surface area (Å²) in [5.41, 5.74) is 3.19. The number of aromatic nitrogens is 1. The fraction of sp³-hybridized carbons (Fsp3) is 0. The number of aromatic amines is 1. The van der Waals surface area contributed by atoms with Crippen molar-refractivity contribution >= 4 is 16.9 Å². The maximum Gasteiger partial charge on any atom is 0.342 e. The molecule has 1 aliphatic carbocycles. The van der Waals surface area contributed by atoms with Crippen LogP contribution in [-0.4, -0.2) is 16.1 Å². The molecule has 0 radical (unpaired) electrons. The van der Waals surface area contributed by atoms with Crippen molar-refractivity contribution < 1.29 is 9.90 Å². The molecule has 0 atom stereocenters. The highest BCUT2D eigenvalue weighted by Gasteiger charge is 2.28. The summed E-state index contributed by atoms with van der Waals surface area (Å²) in [6.45, 7) is 0. The molecule has 4 heteroatoms. The smallest absolute Gasteiger partial charge is 0.342 e. The summed E-state index contributed by atoms with van der Waals surface area (Å²) in [5.74, 6) is -1.20. The van der Waals surface area contributed by atoms with Gasteiger partial charge in [-0.05, 0) is 22.8 Å². The zero-order valence-corrected chi connectivity index (χ0v) is 10.3. The van der Waals surface area contributed by atoms with E-state index in [0.29, 0.717) is 11.1 Å². The Morgan fingerprint density at radius 3 is 2.40 bits per heavy atom. The third-order valence-corrected chi connectivity index (χ3v) is 3.74. The molecule has 0 spiro atoms. The van der Waals surface area contributed by atoms with Crippen LogP contribution in [0.15, 0.2) is 47.3 Å². The molecule has 4 nitrogen and oxygen atoms in total. The van der Waals surface area contributed by atoms with Crippen LogP contribution in [0.4, 0.5) is 0 Å². The second-order valence-electron chi connectivity index (χ2n) is 4.78. The molecule has 0 fully saturated rings. The molecule has 1 heterocycles. The summed E-state index contributed by atoms with van der Waals surface area (Å²) in [7, 11) is 0. The molecule has 0 saturated carbocycles. The molecule has 2 N–H and O–H groups in total. The van der Waals surface area contributed by atoms with Gasteiger partial charge in [0.2, 0.25) is 0 Å². The lowest BCUT2D eigenvalue weighted by Gasteiger charge is -2.05. The minimum absolute atomic E-state index is 0.185. The molecule has 3 aromatic rings. The van der Waals surface area contributed by atoms with Gasteiger partial charge >= 0.3 is 5.97 Å². The first-order valence-electron chi connectivity index (χ1n) is 6.20. The number of hydrogen-bond acceptors (Lipinski definition) is 2. The van der Waals surface area contributed by atoms with Crippen LogP contribution in [0.2, 0.25) is 0 Å². The lowest BCUT2D eigenvalue weighted by molar-refractivity contribution is 0.0696. The fourth-order valence-electron chi connectivity index (χ4n) is 2.98. The van der Waals surface area contributed by atoms with E-state index < -0.39 is 11.5 Å². The number of benzene rings is 2. The molecule has 1 aromatic heterocycles. The van der Waals surface area contributed by atoms with E-state index in [2.05, 4.69) is 4.98 Å². The maximum absolute atomic E-state index is 12.1. The van der Waals surface area contributed by atoms with Gasteiger partial charge in [0.25, 0.3) is 5.56 Å². The summed E-state index contributed by atoms with van der Waals surface area (Å²) in [6, 6.07) is 13.2. The van der Waals surface area contributed by atoms with Crippen molar-refractivity contribution in [3.8, 4) is 22.3 Å². The Bertz CT molecular complexity index is 954. The van der Waals surface area contributed by atoms with Gasteiger partial charge in [-0.1, -0.05) is 36.4 Å². The number of carboxylic acid groups (broad SMARTS) is 1. The zero-order valence-electron chi connectivity index (χ0n) is 10.3. The number of H-pyrrole nitrogens is 1. The molecular formula is C16H9NO3. The van der Waals surface area contributed by atoms with Crippen LogP contribution in [0.25, 0.3) is 33.2 Å². The van der Waals surface area contributed by atoms with Crippen molar-refractivity contribution in [3.63, 3.8) is 0 Å². The third kappa shape index (κ3) is 1.20. The Labute approximate surface area is 113 Å². The van der Waals surface area contributed by atoms with Crippen LogP contribution in [0.5, 0.6) is 0 Å². The van der Waals surface area contributed by atoms with E-state index in [4.69, 9.17) is 0 Å². The summed E-state index contributed by atoms with van der Waals surface area (Å²) < 4.78 is 0. The van der Waals surface area contributed by atoms with E-state index in [1.54, 1.807) is 6.07 Å². The number of rotatable bonds is 1. The topological polar surface area (TPSA) is 70.2 Å². The normalized spacial score (nSPS) is 11.6. The predicted octanol–water partition coefficient (Wildman–Crippen LogP) is 2.87. The van der Waals surface area contributed by atoms with Crippen molar-refractivity contribution in [2.45, 2.75) is 0 Å². The summed E-state index contributed by atoms with van der Waals surface area (Å²) in [4.78, 5) is 26.2. The van der Waals surface area contributed by atoms with Gasteiger partial charge in [0.05, 0.1) is 0 Å².